The van der Waals surface area contributed by atoms with Crippen molar-refractivity contribution in [3.05, 3.63) is 200 Å². The largest absolute Gasteiger partial charge is 0.309 e. The highest BCUT2D eigenvalue weighted by Crippen LogP contribution is 2.41. The van der Waals surface area contributed by atoms with Crippen molar-refractivity contribution in [3.8, 4) is 33.6 Å². The third kappa shape index (κ3) is 4.26. The summed E-state index contributed by atoms with van der Waals surface area (Å²) in [5, 5.41) is 10.3. The molecule has 264 valence electrons. The molecule has 0 aliphatic heterocycles. The molecule has 0 bridgehead atoms. The highest BCUT2D eigenvalue weighted by atomic mass is 15.0. The fourth-order valence-electron chi connectivity index (χ4n) is 9.85. The Kier molecular flexibility index (Phi) is 6.16. The van der Waals surface area contributed by atoms with E-state index in [1.54, 1.807) is 0 Å². The first-order chi connectivity index (χ1) is 28.3. The molecule has 0 saturated heterocycles. The van der Waals surface area contributed by atoms with Crippen LogP contribution in [0.2, 0.25) is 0 Å². The van der Waals surface area contributed by atoms with Crippen molar-refractivity contribution in [2.45, 2.75) is 0 Å². The molecule has 0 atom stereocenters. The third-order valence-electron chi connectivity index (χ3n) is 12.4. The van der Waals surface area contributed by atoms with Crippen LogP contribution < -0.4 is 0 Å². The molecule has 3 nitrogen and oxygen atoms in total. The molecule has 3 heteroatoms. The Labute approximate surface area is 327 Å². The second kappa shape index (κ2) is 11.5. The van der Waals surface area contributed by atoms with E-state index in [0.29, 0.717) is 0 Å². The van der Waals surface area contributed by atoms with Gasteiger partial charge in [-0.05, 0) is 82.9 Å². The highest BCUT2D eigenvalue weighted by Gasteiger charge is 2.19. The van der Waals surface area contributed by atoms with Crippen LogP contribution in [0.1, 0.15) is 0 Å². The summed E-state index contributed by atoms with van der Waals surface area (Å²) in [7, 11) is 0. The Morgan fingerprint density at radius 3 is 1.19 bits per heavy atom. The smallest absolute Gasteiger partial charge is 0.0620 e. The Bertz CT molecular complexity index is 3730. The molecule has 4 heterocycles. The van der Waals surface area contributed by atoms with Crippen LogP contribution in [-0.4, -0.2) is 13.5 Å². The second-order valence-electron chi connectivity index (χ2n) is 15.3. The molecule has 13 aromatic rings. The van der Waals surface area contributed by atoms with Gasteiger partial charge in [-0.3, -0.25) is 0 Å². The SMILES string of the molecule is c1ccc(-n2c3ccccc3c3ccc(-c4ccc5c6ccccc6n(-c6ccc(-c7ccc8c9cccc%10c%11ccccc%11n(c8c7)c%109)cc6)c5c4)cc32)cc1. The van der Waals surface area contributed by atoms with E-state index in [0.717, 1.165) is 5.69 Å². The van der Waals surface area contributed by atoms with E-state index in [4.69, 9.17) is 0 Å². The summed E-state index contributed by atoms with van der Waals surface area (Å²) in [5.74, 6) is 0. The van der Waals surface area contributed by atoms with E-state index in [2.05, 4.69) is 214 Å². The van der Waals surface area contributed by atoms with Gasteiger partial charge in [0.15, 0.2) is 0 Å². The summed E-state index contributed by atoms with van der Waals surface area (Å²) in [4.78, 5) is 0. The number of benzene rings is 9. The maximum Gasteiger partial charge on any atom is 0.0620 e. The quantitative estimate of drug-likeness (QED) is 0.172. The molecule has 57 heavy (non-hydrogen) atoms. The second-order valence-corrected chi connectivity index (χ2v) is 15.3. The van der Waals surface area contributed by atoms with E-state index in [1.807, 2.05) is 0 Å². The molecule has 4 aromatic heterocycles. The lowest BCUT2D eigenvalue weighted by atomic mass is 10.0. The third-order valence-corrected chi connectivity index (χ3v) is 12.4. The van der Waals surface area contributed by atoms with Crippen LogP contribution in [0.3, 0.4) is 0 Å². The van der Waals surface area contributed by atoms with E-state index in [9.17, 15) is 0 Å². The zero-order chi connectivity index (χ0) is 37.2. The van der Waals surface area contributed by atoms with Crippen LogP contribution in [0, 0.1) is 0 Å². The van der Waals surface area contributed by atoms with E-state index in [-0.39, 0.29) is 0 Å². The molecule has 0 N–H and O–H groups in total. The number of nitrogens with zero attached hydrogens (tertiary/aromatic N) is 3. The maximum atomic E-state index is 2.46. The van der Waals surface area contributed by atoms with Crippen LogP contribution in [0.4, 0.5) is 0 Å². The van der Waals surface area contributed by atoms with Gasteiger partial charge >= 0.3 is 0 Å². The fourth-order valence-corrected chi connectivity index (χ4v) is 9.85. The van der Waals surface area contributed by atoms with Crippen LogP contribution in [-0.2, 0) is 0 Å². The molecule has 0 unspecified atom stereocenters. The minimum absolute atomic E-state index is 1.15. The van der Waals surface area contributed by atoms with Gasteiger partial charge in [-0.1, -0.05) is 140 Å². The predicted molar refractivity (Wildman–Crippen MR) is 241 cm³/mol. The molecule has 13 rings (SSSR count). The molecule has 0 spiro atoms. The van der Waals surface area contributed by atoms with Crippen molar-refractivity contribution in [2.24, 2.45) is 0 Å². The van der Waals surface area contributed by atoms with Gasteiger partial charge in [0.25, 0.3) is 0 Å². The summed E-state index contributed by atoms with van der Waals surface area (Å²) in [6.45, 7) is 0. The minimum Gasteiger partial charge on any atom is -0.309 e. The molecule has 0 amide bonds. The van der Waals surface area contributed by atoms with E-state index < -0.39 is 0 Å². The lowest BCUT2D eigenvalue weighted by molar-refractivity contribution is 1.18. The molecular formula is C54H33N3. The number of fused-ring (bicyclic) bond motifs is 12. The Morgan fingerprint density at radius 1 is 0.228 bits per heavy atom. The van der Waals surface area contributed by atoms with E-state index >= 15 is 0 Å². The number of hydrogen-bond donors (Lipinski definition) is 0. The van der Waals surface area contributed by atoms with Crippen molar-refractivity contribution in [1.82, 2.24) is 13.5 Å². The van der Waals surface area contributed by atoms with Crippen LogP contribution in [0.15, 0.2) is 200 Å². The zero-order valence-electron chi connectivity index (χ0n) is 30.9. The molecule has 0 saturated carbocycles. The summed E-state index contributed by atoms with van der Waals surface area (Å²) in [6.07, 6.45) is 0. The summed E-state index contributed by atoms with van der Waals surface area (Å²) < 4.78 is 7.29. The average Bonchev–Trinajstić information content (AvgIpc) is 4.00. The van der Waals surface area contributed by atoms with E-state index in [1.165, 1.54) is 110 Å². The van der Waals surface area contributed by atoms with Gasteiger partial charge in [0, 0.05) is 54.5 Å². The van der Waals surface area contributed by atoms with Gasteiger partial charge in [0.05, 0.1) is 38.6 Å². The van der Waals surface area contributed by atoms with Crippen LogP contribution >= 0.6 is 0 Å². The molecule has 0 radical (unpaired) electrons. The normalized spacial score (nSPS) is 12.2. The van der Waals surface area contributed by atoms with Gasteiger partial charge in [-0.15, -0.1) is 0 Å². The van der Waals surface area contributed by atoms with Crippen LogP contribution in [0.25, 0.3) is 115 Å². The number of para-hydroxylation sites is 5. The Hall–Kier alpha value is -7.62. The number of aromatic nitrogens is 3. The molecule has 0 fully saturated rings. The van der Waals surface area contributed by atoms with Crippen molar-refractivity contribution < 1.29 is 0 Å². The monoisotopic (exact) mass is 723 g/mol. The lowest BCUT2D eigenvalue weighted by Gasteiger charge is -2.11. The first-order valence-electron chi connectivity index (χ1n) is 19.7. The van der Waals surface area contributed by atoms with Crippen molar-refractivity contribution in [2.75, 3.05) is 0 Å². The van der Waals surface area contributed by atoms with Gasteiger partial charge in [0.1, 0.15) is 0 Å². The maximum absolute atomic E-state index is 2.46. The summed E-state index contributed by atoms with van der Waals surface area (Å²) in [5.41, 5.74) is 15.8. The molecule has 0 aliphatic carbocycles. The van der Waals surface area contributed by atoms with Crippen molar-refractivity contribution in [3.63, 3.8) is 0 Å². The summed E-state index contributed by atoms with van der Waals surface area (Å²) in [6, 6.07) is 73.7. The lowest BCUT2D eigenvalue weighted by Crippen LogP contribution is -1.94. The predicted octanol–water partition coefficient (Wildman–Crippen LogP) is 14.4. The molecular weight excluding hydrogens is 691 g/mol. The highest BCUT2D eigenvalue weighted by molar-refractivity contribution is 6.23. The van der Waals surface area contributed by atoms with Crippen LogP contribution in [0.5, 0.6) is 0 Å². The van der Waals surface area contributed by atoms with Gasteiger partial charge < -0.3 is 13.5 Å². The van der Waals surface area contributed by atoms with Gasteiger partial charge in [-0.25, -0.2) is 0 Å². The summed E-state index contributed by atoms with van der Waals surface area (Å²) >= 11 is 0. The van der Waals surface area contributed by atoms with Gasteiger partial charge in [-0.2, -0.15) is 0 Å². The number of rotatable bonds is 4. The Balaban J connectivity index is 0.954. The first kappa shape index (κ1) is 30.7. The van der Waals surface area contributed by atoms with Crippen molar-refractivity contribution in [1.29, 1.82) is 0 Å². The van der Waals surface area contributed by atoms with Gasteiger partial charge in [0.2, 0.25) is 0 Å². The Morgan fingerprint density at radius 2 is 0.614 bits per heavy atom. The topological polar surface area (TPSA) is 14.3 Å². The standard InChI is InChI=1S/C54H33N3/c1-2-11-38(12-3-1)55-48-18-7-4-13-40(48)43-28-24-36(32-51(43)55)37-25-29-44-41-14-5-8-19-49(41)56(52(44)33-37)39-26-21-34(22-27-39)35-23-30-45-47-17-10-16-46-42-15-6-9-20-50(42)57(54(46)47)53(45)31-35/h1-33H. The average molecular weight is 724 g/mol. The molecule has 0 aliphatic rings. The minimum atomic E-state index is 1.15. The zero-order valence-corrected chi connectivity index (χ0v) is 30.9. The molecule has 9 aromatic carbocycles. The fraction of sp³-hybridized carbons (Fsp3) is 0. The first-order valence-corrected chi connectivity index (χ1v) is 19.7. The van der Waals surface area contributed by atoms with Crippen molar-refractivity contribution >= 4 is 81.7 Å². The number of hydrogen-bond acceptors (Lipinski definition) is 0.